The van der Waals surface area contributed by atoms with Crippen LogP contribution in [0.25, 0.3) is 0 Å². The minimum Gasteiger partial charge on any atom is -0.439 e. The molecule has 0 aliphatic rings. The van der Waals surface area contributed by atoms with Crippen LogP contribution in [0.3, 0.4) is 0 Å². The first kappa shape index (κ1) is 17.4. The molecular weight excluding hydrogens is 358 g/mol. The van der Waals surface area contributed by atoms with Crippen molar-refractivity contribution in [2.45, 2.75) is 6.18 Å². The van der Waals surface area contributed by atoms with Crippen molar-refractivity contribution in [2.24, 2.45) is 0 Å². The summed E-state index contributed by atoms with van der Waals surface area (Å²) in [6.45, 7) is 0. The van der Waals surface area contributed by atoms with Crippen molar-refractivity contribution in [1.29, 1.82) is 0 Å². The molecule has 0 unspecified atom stereocenters. The monoisotopic (exact) mass is 367 g/mol. The van der Waals surface area contributed by atoms with Crippen molar-refractivity contribution in [3.63, 3.8) is 0 Å². The quantitative estimate of drug-likeness (QED) is 0.708. The normalized spacial score (nSPS) is 11.2. The molecule has 6 nitrogen and oxygen atoms in total. The predicted octanol–water partition coefficient (Wildman–Crippen LogP) is 3.91. The Morgan fingerprint density at radius 2 is 1.62 bits per heavy atom. The second kappa shape index (κ2) is 6.82. The standard InChI is InChI=1S/C16H9F4N3O3/c17-11-8-21-15(24)23-14(11)26-10-6-4-9(5-7-10)25-13-3-1-2-12(22-13)16(18,19)20/h1-8H,(H,21,23,24). The van der Waals surface area contributed by atoms with E-state index in [0.717, 1.165) is 6.07 Å². The molecule has 0 amide bonds. The fraction of sp³-hybridized carbons (Fsp3) is 0.0625. The highest BCUT2D eigenvalue weighted by Crippen LogP contribution is 2.30. The van der Waals surface area contributed by atoms with Gasteiger partial charge in [-0.15, -0.1) is 0 Å². The van der Waals surface area contributed by atoms with E-state index >= 15 is 0 Å². The number of hydrogen-bond donors (Lipinski definition) is 1. The van der Waals surface area contributed by atoms with E-state index in [0.29, 0.717) is 6.20 Å². The van der Waals surface area contributed by atoms with Crippen LogP contribution >= 0.6 is 0 Å². The molecule has 0 fully saturated rings. The van der Waals surface area contributed by atoms with Gasteiger partial charge in [0, 0.05) is 6.07 Å². The minimum absolute atomic E-state index is 0.162. The fourth-order valence-corrected chi connectivity index (χ4v) is 1.88. The maximum absolute atomic E-state index is 13.5. The number of nitrogens with one attached hydrogen (secondary N) is 1. The molecular formula is C16H9F4N3O3. The first-order chi connectivity index (χ1) is 12.3. The highest BCUT2D eigenvalue weighted by molar-refractivity contribution is 5.35. The number of H-pyrrole nitrogens is 1. The Morgan fingerprint density at radius 1 is 0.962 bits per heavy atom. The van der Waals surface area contributed by atoms with Gasteiger partial charge < -0.3 is 9.47 Å². The number of alkyl halides is 3. The molecule has 0 radical (unpaired) electrons. The summed E-state index contributed by atoms with van der Waals surface area (Å²) < 4.78 is 61.8. The van der Waals surface area contributed by atoms with Crippen molar-refractivity contribution >= 4 is 0 Å². The summed E-state index contributed by atoms with van der Waals surface area (Å²) in [6.07, 6.45) is -3.87. The average molecular weight is 367 g/mol. The van der Waals surface area contributed by atoms with Gasteiger partial charge >= 0.3 is 11.9 Å². The van der Waals surface area contributed by atoms with Gasteiger partial charge in [0.05, 0.1) is 6.20 Å². The number of benzene rings is 1. The van der Waals surface area contributed by atoms with E-state index in [4.69, 9.17) is 9.47 Å². The molecule has 1 N–H and O–H groups in total. The summed E-state index contributed by atoms with van der Waals surface area (Å²) >= 11 is 0. The van der Waals surface area contributed by atoms with Gasteiger partial charge in [0.1, 0.15) is 17.2 Å². The van der Waals surface area contributed by atoms with Crippen molar-refractivity contribution in [1.82, 2.24) is 15.0 Å². The molecule has 3 aromatic rings. The van der Waals surface area contributed by atoms with E-state index in [1.165, 1.54) is 36.4 Å². The van der Waals surface area contributed by atoms with Crippen molar-refractivity contribution in [3.8, 4) is 23.3 Å². The fourth-order valence-electron chi connectivity index (χ4n) is 1.88. The molecule has 0 aliphatic carbocycles. The zero-order chi connectivity index (χ0) is 18.7. The van der Waals surface area contributed by atoms with E-state index in [1.807, 2.05) is 0 Å². The Kier molecular flexibility index (Phi) is 4.57. The van der Waals surface area contributed by atoms with Crippen molar-refractivity contribution in [2.75, 3.05) is 0 Å². The second-order valence-corrected chi connectivity index (χ2v) is 4.90. The van der Waals surface area contributed by atoms with Gasteiger partial charge in [0.25, 0.3) is 0 Å². The number of nitrogens with zero attached hydrogens (tertiary/aromatic N) is 2. The van der Waals surface area contributed by atoms with Gasteiger partial charge in [0.15, 0.2) is 0 Å². The molecule has 0 spiro atoms. The van der Waals surface area contributed by atoms with E-state index in [9.17, 15) is 22.4 Å². The molecule has 0 bridgehead atoms. The van der Waals surface area contributed by atoms with Gasteiger partial charge in [-0.2, -0.15) is 22.5 Å². The lowest BCUT2D eigenvalue weighted by Crippen LogP contribution is -2.11. The third-order valence-corrected chi connectivity index (χ3v) is 3.01. The van der Waals surface area contributed by atoms with Crippen LogP contribution in [0.4, 0.5) is 17.6 Å². The average Bonchev–Trinajstić information content (AvgIpc) is 2.59. The smallest absolute Gasteiger partial charge is 0.433 e. The molecule has 26 heavy (non-hydrogen) atoms. The predicted molar refractivity (Wildman–Crippen MR) is 80.6 cm³/mol. The van der Waals surface area contributed by atoms with Crippen LogP contribution in [0.2, 0.25) is 0 Å². The lowest BCUT2D eigenvalue weighted by Gasteiger charge is -2.09. The summed E-state index contributed by atoms with van der Waals surface area (Å²) in [4.78, 5) is 19.7. The minimum atomic E-state index is -4.58. The Bertz CT molecular complexity index is 971. The van der Waals surface area contributed by atoms with E-state index < -0.39 is 29.3 Å². The largest absolute Gasteiger partial charge is 0.439 e. The van der Waals surface area contributed by atoms with Crippen molar-refractivity contribution < 1.29 is 27.0 Å². The highest BCUT2D eigenvalue weighted by Gasteiger charge is 2.32. The summed E-state index contributed by atoms with van der Waals surface area (Å²) in [6, 6.07) is 8.79. The Hall–Kier alpha value is -3.43. The second-order valence-electron chi connectivity index (χ2n) is 4.90. The number of pyridine rings is 1. The third kappa shape index (κ3) is 4.15. The topological polar surface area (TPSA) is 77.1 Å². The molecule has 134 valence electrons. The lowest BCUT2D eigenvalue weighted by molar-refractivity contribution is -0.141. The first-order valence-corrected chi connectivity index (χ1v) is 7.06. The van der Waals surface area contributed by atoms with Gasteiger partial charge in [-0.05, 0) is 30.3 Å². The molecule has 2 aromatic heterocycles. The Balaban J connectivity index is 1.74. The molecule has 0 aliphatic heterocycles. The zero-order valence-electron chi connectivity index (χ0n) is 12.7. The lowest BCUT2D eigenvalue weighted by atomic mass is 10.3. The van der Waals surface area contributed by atoms with E-state index in [-0.39, 0.29) is 17.4 Å². The number of hydrogen-bond acceptors (Lipinski definition) is 5. The van der Waals surface area contributed by atoms with Crippen molar-refractivity contribution in [3.05, 3.63) is 70.7 Å². The summed E-state index contributed by atoms with van der Waals surface area (Å²) in [7, 11) is 0. The first-order valence-electron chi connectivity index (χ1n) is 7.06. The van der Waals surface area contributed by atoms with Gasteiger partial charge in [-0.25, -0.2) is 9.78 Å². The van der Waals surface area contributed by atoms with Crippen LogP contribution in [0.5, 0.6) is 23.3 Å². The van der Waals surface area contributed by atoms with Crippen LogP contribution in [-0.4, -0.2) is 15.0 Å². The van der Waals surface area contributed by atoms with Crippen LogP contribution < -0.4 is 15.2 Å². The Labute approximate surface area is 143 Å². The maximum atomic E-state index is 13.5. The van der Waals surface area contributed by atoms with Crippen LogP contribution in [-0.2, 0) is 6.18 Å². The van der Waals surface area contributed by atoms with Crippen LogP contribution in [0.1, 0.15) is 5.69 Å². The van der Waals surface area contributed by atoms with E-state index in [2.05, 4.69) is 15.0 Å². The summed E-state index contributed by atoms with van der Waals surface area (Å²) in [5.41, 5.74) is -1.86. The number of ether oxygens (including phenoxy) is 2. The molecule has 2 heterocycles. The van der Waals surface area contributed by atoms with Crippen LogP contribution in [0.15, 0.2) is 53.5 Å². The third-order valence-electron chi connectivity index (χ3n) is 3.01. The summed E-state index contributed by atoms with van der Waals surface area (Å²) in [5.74, 6) is -1.17. The van der Waals surface area contributed by atoms with Gasteiger partial charge in [0.2, 0.25) is 17.6 Å². The van der Waals surface area contributed by atoms with Crippen LogP contribution in [0, 0.1) is 5.82 Å². The van der Waals surface area contributed by atoms with Gasteiger partial charge in [-0.3, -0.25) is 4.98 Å². The molecule has 0 saturated carbocycles. The number of rotatable bonds is 4. The zero-order valence-corrected chi connectivity index (χ0v) is 12.7. The number of aromatic amines is 1. The Morgan fingerprint density at radius 3 is 2.27 bits per heavy atom. The molecule has 0 atom stereocenters. The number of halogens is 4. The highest BCUT2D eigenvalue weighted by atomic mass is 19.4. The SMILES string of the molecule is O=c1ncc(F)c(Oc2ccc(Oc3cccc(C(F)(F)F)n3)cc2)[nH]1. The maximum Gasteiger partial charge on any atom is 0.433 e. The van der Waals surface area contributed by atoms with Gasteiger partial charge in [-0.1, -0.05) is 6.07 Å². The molecule has 1 aromatic carbocycles. The van der Waals surface area contributed by atoms with E-state index in [1.54, 1.807) is 0 Å². The molecule has 10 heteroatoms. The summed E-state index contributed by atoms with van der Waals surface area (Å²) in [5, 5.41) is 0. The number of aromatic nitrogens is 3. The molecule has 3 rings (SSSR count). The molecule has 0 saturated heterocycles.